The number of thioether (sulfide) groups is 1. The van der Waals surface area contributed by atoms with E-state index in [9.17, 15) is 18.0 Å². The molecule has 0 bridgehead atoms. The van der Waals surface area contributed by atoms with Crippen LogP contribution < -0.4 is 5.73 Å². The van der Waals surface area contributed by atoms with Crippen LogP contribution >= 0.6 is 11.8 Å². The number of carbonyl (C=O) groups is 1. The number of benzene rings is 1. The van der Waals surface area contributed by atoms with Crippen molar-refractivity contribution in [1.29, 1.82) is 0 Å². The van der Waals surface area contributed by atoms with Crippen molar-refractivity contribution in [2.75, 3.05) is 11.5 Å². The maximum atomic E-state index is 12.4. The third kappa shape index (κ3) is 3.83. The molecule has 1 atom stereocenters. The Morgan fingerprint density at radius 2 is 2.11 bits per heavy atom. The summed E-state index contributed by atoms with van der Waals surface area (Å²) in [6.07, 6.45) is -4.73. The van der Waals surface area contributed by atoms with Crippen molar-refractivity contribution >= 4 is 23.4 Å². The fourth-order valence-electron chi connectivity index (χ4n) is 1.22. The maximum Gasteiger partial charge on any atom is 0.403 e. The summed E-state index contributed by atoms with van der Waals surface area (Å²) in [5, 5.41) is 8.53. The minimum atomic E-state index is -4.73. The number of halogens is 3. The van der Waals surface area contributed by atoms with Crippen LogP contribution in [-0.2, 0) is 4.79 Å². The van der Waals surface area contributed by atoms with Gasteiger partial charge in [-0.1, -0.05) is 0 Å². The van der Waals surface area contributed by atoms with Gasteiger partial charge in [0.2, 0.25) is 0 Å². The van der Waals surface area contributed by atoms with E-state index in [2.05, 4.69) is 0 Å². The van der Waals surface area contributed by atoms with Crippen molar-refractivity contribution in [3.05, 3.63) is 23.8 Å². The summed E-state index contributed by atoms with van der Waals surface area (Å²) in [4.78, 5) is 11.1. The molecule has 1 aromatic rings. The molecular weight excluding hydrogens is 267 g/mol. The number of nitrogens with two attached hydrogens (primary N) is 1. The summed E-state index contributed by atoms with van der Waals surface area (Å²) in [6, 6.07) is 4.79. The van der Waals surface area contributed by atoms with E-state index >= 15 is 0 Å². The van der Waals surface area contributed by atoms with Crippen molar-refractivity contribution in [3.8, 4) is 0 Å². The van der Waals surface area contributed by atoms with Crippen LogP contribution in [0, 0.1) is 12.8 Å². The van der Waals surface area contributed by atoms with Gasteiger partial charge in [-0.3, -0.25) is 4.79 Å². The van der Waals surface area contributed by atoms with Crippen LogP contribution in [0.5, 0.6) is 0 Å². The van der Waals surface area contributed by atoms with Gasteiger partial charge in [0.05, 0.1) is 0 Å². The Hall–Kier alpha value is -1.37. The molecule has 1 rings (SSSR count). The third-order valence-electron chi connectivity index (χ3n) is 2.35. The number of carboxylic acids is 1. The third-order valence-corrected chi connectivity index (χ3v) is 3.44. The molecule has 18 heavy (non-hydrogen) atoms. The lowest BCUT2D eigenvalue weighted by molar-refractivity contribution is -0.188. The molecule has 0 radical (unpaired) electrons. The summed E-state index contributed by atoms with van der Waals surface area (Å²) in [7, 11) is 0. The molecular formula is C11H12F3NO2S. The van der Waals surface area contributed by atoms with Crippen LogP contribution in [0.15, 0.2) is 23.1 Å². The Morgan fingerprint density at radius 3 is 2.56 bits per heavy atom. The number of hydrogen-bond donors (Lipinski definition) is 2. The van der Waals surface area contributed by atoms with E-state index in [1.807, 2.05) is 0 Å². The van der Waals surface area contributed by atoms with Gasteiger partial charge in [-0.2, -0.15) is 13.2 Å². The van der Waals surface area contributed by atoms with Crippen molar-refractivity contribution in [3.63, 3.8) is 0 Å². The van der Waals surface area contributed by atoms with E-state index in [1.165, 1.54) is 0 Å². The van der Waals surface area contributed by atoms with E-state index in [1.54, 1.807) is 25.1 Å². The van der Waals surface area contributed by atoms with Crippen molar-refractivity contribution in [2.24, 2.45) is 5.92 Å². The van der Waals surface area contributed by atoms with Gasteiger partial charge in [-0.05, 0) is 30.7 Å². The molecule has 0 fully saturated rings. The first-order valence-corrected chi connectivity index (χ1v) is 5.99. The highest BCUT2D eigenvalue weighted by atomic mass is 32.2. The van der Waals surface area contributed by atoms with E-state index in [0.717, 1.165) is 17.3 Å². The van der Waals surface area contributed by atoms with Crippen LogP contribution in [0.4, 0.5) is 18.9 Å². The second-order valence-corrected chi connectivity index (χ2v) is 4.86. The quantitative estimate of drug-likeness (QED) is 0.657. The highest BCUT2D eigenvalue weighted by molar-refractivity contribution is 7.99. The zero-order valence-corrected chi connectivity index (χ0v) is 10.3. The monoisotopic (exact) mass is 279 g/mol. The van der Waals surface area contributed by atoms with Crippen molar-refractivity contribution < 1.29 is 23.1 Å². The Morgan fingerprint density at radius 1 is 1.50 bits per heavy atom. The number of hydrogen-bond acceptors (Lipinski definition) is 3. The molecule has 0 aliphatic rings. The number of rotatable bonds is 4. The second-order valence-electron chi connectivity index (χ2n) is 3.76. The average molecular weight is 279 g/mol. The van der Waals surface area contributed by atoms with E-state index in [-0.39, 0.29) is 0 Å². The molecule has 0 saturated carbocycles. The standard InChI is InChI=1S/C11H12F3NO2S/c1-6-4-7(2-3-9(6)15)18-5-8(10(16)17)11(12,13)14/h2-4,8H,5,15H2,1H3,(H,16,17). The van der Waals surface area contributed by atoms with Crippen LogP contribution in [0.2, 0.25) is 0 Å². The largest absolute Gasteiger partial charge is 0.481 e. The molecule has 3 N–H and O–H groups in total. The molecule has 7 heteroatoms. The molecule has 0 aliphatic carbocycles. The topological polar surface area (TPSA) is 63.3 Å². The molecule has 0 amide bonds. The predicted octanol–water partition coefficient (Wildman–Crippen LogP) is 2.93. The summed E-state index contributed by atoms with van der Waals surface area (Å²) in [5.74, 6) is -4.77. The number of nitrogen functional groups attached to an aromatic ring is 1. The normalized spacial score (nSPS) is 13.3. The number of anilines is 1. The number of carboxylic acid groups (broad SMARTS) is 1. The molecule has 0 aliphatic heterocycles. The molecule has 1 unspecified atom stereocenters. The fourth-order valence-corrected chi connectivity index (χ4v) is 2.34. The van der Waals surface area contributed by atoms with Gasteiger partial charge in [0, 0.05) is 16.3 Å². The van der Waals surface area contributed by atoms with Crippen molar-refractivity contribution in [2.45, 2.75) is 18.0 Å². The minimum Gasteiger partial charge on any atom is -0.481 e. The Balaban J connectivity index is 2.73. The van der Waals surface area contributed by atoms with Crippen molar-refractivity contribution in [1.82, 2.24) is 0 Å². The summed E-state index contributed by atoms with van der Waals surface area (Å²) in [5.41, 5.74) is 6.87. The summed E-state index contributed by atoms with van der Waals surface area (Å²) < 4.78 is 37.2. The molecule has 0 spiro atoms. The molecule has 0 saturated heterocycles. The van der Waals surface area contributed by atoms with E-state index in [0.29, 0.717) is 10.6 Å². The summed E-state index contributed by atoms with van der Waals surface area (Å²) in [6.45, 7) is 1.73. The molecule has 100 valence electrons. The minimum absolute atomic E-state index is 0.546. The van der Waals surface area contributed by atoms with E-state index < -0.39 is 23.8 Å². The zero-order valence-electron chi connectivity index (χ0n) is 9.49. The van der Waals surface area contributed by atoms with Gasteiger partial charge in [-0.15, -0.1) is 11.8 Å². The Labute approximate surface area is 106 Å². The number of aliphatic carboxylic acids is 1. The molecule has 0 aromatic heterocycles. The van der Waals surface area contributed by atoms with Gasteiger partial charge in [0.25, 0.3) is 0 Å². The van der Waals surface area contributed by atoms with Gasteiger partial charge in [0.15, 0.2) is 5.92 Å². The number of alkyl halides is 3. The highest BCUT2D eigenvalue weighted by Crippen LogP contribution is 2.32. The fraction of sp³-hybridized carbons (Fsp3) is 0.364. The molecule has 1 aromatic carbocycles. The highest BCUT2D eigenvalue weighted by Gasteiger charge is 2.44. The van der Waals surface area contributed by atoms with Gasteiger partial charge < -0.3 is 10.8 Å². The molecule has 0 heterocycles. The van der Waals surface area contributed by atoms with Crippen LogP contribution in [0.25, 0.3) is 0 Å². The van der Waals surface area contributed by atoms with Gasteiger partial charge in [0.1, 0.15) is 0 Å². The first-order valence-electron chi connectivity index (χ1n) is 5.00. The molecule has 3 nitrogen and oxygen atoms in total. The zero-order chi connectivity index (χ0) is 13.9. The van der Waals surface area contributed by atoms with Crippen LogP contribution in [0.1, 0.15) is 5.56 Å². The first-order chi connectivity index (χ1) is 8.21. The van der Waals surface area contributed by atoms with Crippen LogP contribution in [0.3, 0.4) is 0 Å². The lowest BCUT2D eigenvalue weighted by Gasteiger charge is -2.15. The van der Waals surface area contributed by atoms with Crippen LogP contribution in [-0.4, -0.2) is 23.0 Å². The van der Waals surface area contributed by atoms with Gasteiger partial charge in [-0.25, -0.2) is 0 Å². The maximum absolute atomic E-state index is 12.4. The Bertz CT molecular complexity index is 448. The second kappa shape index (κ2) is 5.51. The average Bonchev–Trinajstić information content (AvgIpc) is 2.21. The summed E-state index contributed by atoms with van der Waals surface area (Å²) >= 11 is 0.850. The smallest absolute Gasteiger partial charge is 0.403 e. The van der Waals surface area contributed by atoms with Gasteiger partial charge >= 0.3 is 12.1 Å². The predicted molar refractivity (Wildman–Crippen MR) is 63.5 cm³/mol. The lowest BCUT2D eigenvalue weighted by atomic mass is 10.2. The lowest BCUT2D eigenvalue weighted by Crippen LogP contribution is -2.32. The Kier molecular flexibility index (Phi) is 4.50. The SMILES string of the molecule is Cc1cc(SCC(C(=O)O)C(F)(F)F)ccc1N. The van der Waals surface area contributed by atoms with E-state index in [4.69, 9.17) is 10.8 Å². The number of aryl methyl sites for hydroxylation is 1. The first kappa shape index (κ1) is 14.7.